The zero-order chi connectivity index (χ0) is 12.4. The molecule has 1 aromatic rings. The summed E-state index contributed by atoms with van der Waals surface area (Å²) in [6.45, 7) is 2.17. The van der Waals surface area contributed by atoms with Crippen molar-refractivity contribution in [3.05, 3.63) is 23.9 Å². The number of amides is 2. The van der Waals surface area contributed by atoms with E-state index in [1.807, 2.05) is 13.0 Å². The smallest absolute Gasteiger partial charge is 0.246 e. The lowest BCUT2D eigenvalue weighted by molar-refractivity contribution is -0.130. The monoisotopic (exact) mass is 234 g/mol. The van der Waals surface area contributed by atoms with Gasteiger partial charge in [-0.25, -0.2) is 4.98 Å². The molecule has 1 atom stereocenters. The Kier molecular flexibility index (Phi) is 3.06. The highest BCUT2D eigenvalue weighted by atomic mass is 16.2. The van der Waals surface area contributed by atoms with Gasteiger partial charge in [-0.05, 0) is 18.6 Å². The number of pyridine rings is 1. The lowest BCUT2D eigenvalue weighted by Crippen LogP contribution is -2.51. The second-order valence-electron chi connectivity index (χ2n) is 4.07. The molecule has 2 rings (SSSR count). The Labute approximate surface area is 98.8 Å². The molecule has 2 heterocycles. The SMILES string of the molecule is C[C@H](N)c1ccc(N2CC(=O)NC(=O)C2)nc1. The van der Waals surface area contributed by atoms with Crippen LogP contribution in [0, 0.1) is 0 Å². The average molecular weight is 234 g/mol. The van der Waals surface area contributed by atoms with Crippen molar-refractivity contribution in [1.29, 1.82) is 0 Å². The third-order valence-corrected chi connectivity index (χ3v) is 2.57. The van der Waals surface area contributed by atoms with E-state index in [9.17, 15) is 9.59 Å². The summed E-state index contributed by atoms with van der Waals surface area (Å²) >= 11 is 0. The minimum Gasteiger partial charge on any atom is -0.338 e. The predicted molar refractivity (Wildman–Crippen MR) is 62.2 cm³/mol. The minimum atomic E-state index is -0.306. The van der Waals surface area contributed by atoms with Crippen molar-refractivity contribution in [3.8, 4) is 0 Å². The van der Waals surface area contributed by atoms with Crippen LogP contribution in [0.4, 0.5) is 5.82 Å². The number of carbonyl (C=O) groups excluding carboxylic acids is 2. The molecule has 1 fully saturated rings. The van der Waals surface area contributed by atoms with Gasteiger partial charge in [-0.15, -0.1) is 0 Å². The zero-order valence-electron chi connectivity index (χ0n) is 9.51. The number of carbonyl (C=O) groups is 2. The van der Waals surface area contributed by atoms with Crippen LogP contribution in [0.25, 0.3) is 0 Å². The number of aromatic nitrogens is 1. The van der Waals surface area contributed by atoms with E-state index in [2.05, 4.69) is 10.3 Å². The van der Waals surface area contributed by atoms with Gasteiger partial charge in [-0.2, -0.15) is 0 Å². The van der Waals surface area contributed by atoms with Crippen molar-refractivity contribution < 1.29 is 9.59 Å². The summed E-state index contributed by atoms with van der Waals surface area (Å²) in [5.41, 5.74) is 6.63. The van der Waals surface area contributed by atoms with Crippen LogP contribution in [-0.4, -0.2) is 29.9 Å². The normalized spacial score (nSPS) is 17.9. The van der Waals surface area contributed by atoms with E-state index in [0.717, 1.165) is 5.56 Å². The van der Waals surface area contributed by atoms with Crippen LogP contribution in [0.1, 0.15) is 18.5 Å². The molecule has 0 spiro atoms. The van der Waals surface area contributed by atoms with E-state index < -0.39 is 0 Å². The first-order valence-corrected chi connectivity index (χ1v) is 5.35. The Bertz CT molecular complexity index is 425. The van der Waals surface area contributed by atoms with Gasteiger partial charge in [0.25, 0.3) is 0 Å². The summed E-state index contributed by atoms with van der Waals surface area (Å²) in [5, 5.41) is 2.24. The molecule has 0 aromatic carbocycles. The second-order valence-corrected chi connectivity index (χ2v) is 4.07. The number of hydrogen-bond acceptors (Lipinski definition) is 5. The fourth-order valence-corrected chi connectivity index (χ4v) is 1.65. The van der Waals surface area contributed by atoms with E-state index in [4.69, 9.17) is 5.73 Å². The quantitative estimate of drug-likeness (QED) is 0.677. The summed E-state index contributed by atoms with van der Waals surface area (Å²) in [7, 11) is 0. The largest absolute Gasteiger partial charge is 0.338 e. The lowest BCUT2D eigenvalue weighted by Gasteiger charge is -2.26. The van der Waals surface area contributed by atoms with Gasteiger partial charge in [0.05, 0.1) is 13.1 Å². The first-order chi connectivity index (χ1) is 8.06. The molecule has 0 unspecified atom stereocenters. The molecule has 1 aliphatic rings. The summed E-state index contributed by atoms with van der Waals surface area (Å²) < 4.78 is 0. The zero-order valence-corrected chi connectivity index (χ0v) is 9.51. The van der Waals surface area contributed by atoms with Crippen molar-refractivity contribution in [1.82, 2.24) is 10.3 Å². The first kappa shape index (κ1) is 11.5. The van der Waals surface area contributed by atoms with Gasteiger partial charge in [0.2, 0.25) is 11.8 Å². The van der Waals surface area contributed by atoms with Crippen molar-refractivity contribution in [2.75, 3.05) is 18.0 Å². The molecule has 0 aliphatic carbocycles. The van der Waals surface area contributed by atoms with E-state index in [1.54, 1.807) is 17.2 Å². The molecule has 6 heteroatoms. The number of imide groups is 1. The molecule has 0 saturated carbocycles. The maximum Gasteiger partial charge on any atom is 0.246 e. The fourth-order valence-electron chi connectivity index (χ4n) is 1.65. The highest BCUT2D eigenvalue weighted by molar-refractivity contribution is 6.02. The number of nitrogens with zero attached hydrogens (tertiary/aromatic N) is 2. The fraction of sp³-hybridized carbons (Fsp3) is 0.364. The maximum absolute atomic E-state index is 11.2. The molecular formula is C11H14N4O2. The second kappa shape index (κ2) is 4.50. The van der Waals surface area contributed by atoms with Gasteiger partial charge in [-0.3, -0.25) is 14.9 Å². The molecular weight excluding hydrogens is 220 g/mol. The number of nitrogens with two attached hydrogens (primary N) is 1. The maximum atomic E-state index is 11.2. The van der Waals surface area contributed by atoms with Crippen LogP contribution in [0.5, 0.6) is 0 Å². The number of hydrogen-bond donors (Lipinski definition) is 2. The molecule has 1 aliphatic heterocycles. The van der Waals surface area contributed by atoms with Crippen molar-refractivity contribution >= 4 is 17.6 Å². The van der Waals surface area contributed by atoms with Gasteiger partial charge in [0.1, 0.15) is 5.82 Å². The first-order valence-electron chi connectivity index (χ1n) is 5.35. The minimum absolute atomic E-state index is 0.0807. The van der Waals surface area contributed by atoms with E-state index >= 15 is 0 Å². The molecule has 1 aromatic heterocycles. The number of rotatable bonds is 2. The molecule has 0 bridgehead atoms. The third-order valence-electron chi connectivity index (χ3n) is 2.57. The summed E-state index contributed by atoms with van der Waals surface area (Å²) in [5.74, 6) is -0.00348. The van der Waals surface area contributed by atoms with Crippen molar-refractivity contribution in [3.63, 3.8) is 0 Å². The molecule has 6 nitrogen and oxygen atoms in total. The van der Waals surface area contributed by atoms with E-state index in [1.165, 1.54) is 0 Å². The van der Waals surface area contributed by atoms with Gasteiger partial charge in [0, 0.05) is 12.2 Å². The van der Waals surface area contributed by atoms with Gasteiger partial charge in [-0.1, -0.05) is 6.07 Å². The van der Waals surface area contributed by atoms with E-state index in [0.29, 0.717) is 5.82 Å². The molecule has 0 radical (unpaired) electrons. The topological polar surface area (TPSA) is 88.3 Å². The van der Waals surface area contributed by atoms with Crippen molar-refractivity contribution in [2.45, 2.75) is 13.0 Å². The molecule has 2 amide bonds. The Hall–Kier alpha value is -1.95. The number of nitrogens with one attached hydrogen (secondary N) is 1. The predicted octanol–water partition coefficient (Wildman–Crippen LogP) is -0.436. The Morgan fingerprint density at radius 1 is 1.35 bits per heavy atom. The van der Waals surface area contributed by atoms with Crippen LogP contribution in [0.3, 0.4) is 0 Å². The highest BCUT2D eigenvalue weighted by Gasteiger charge is 2.23. The standard InChI is InChI=1S/C11H14N4O2/c1-7(12)8-2-3-9(13-4-8)15-5-10(16)14-11(17)6-15/h2-4,7H,5-6,12H2,1H3,(H,14,16,17)/t7-/m0/s1. The Morgan fingerprint density at radius 2 is 2.00 bits per heavy atom. The molecule has 17 heavy (non-hydrogen) atoms. The van der Waals surface area contributed by atoms with Gasteiger partial charge in [0.15, 0.2) is 0 Å². The van der Waals surface area contributed by atoms with Crippen LogP contribution >= 0.6 is 0 Å². The van der Waals surface area contributed by atoms with Gasteiger partial charge >= 0.3 is 0 Å². The average Bonchev–Trinajstić information content (AvgIpc) is 2.28. The third kappa shape index (κ3) is 2.59. The van der Waals surface area contributed by atoms with Gasteiger partial charge < -0.3 is 10.6 Å². The molecule has 1 saturated heterocycles. The molecule has 90 valence electrons. The van der Waals surface area contributed by atoms with Crippen LogP contribution in [0.15, 0.2) is 18.3 Å². The Morgan fingerprint density at radius 3 is 2.47 bits per heavy atom. The van der Waals surface area contributed by atoms with Crippen LogP contribution in [0.2, 0.25) is 0 Å². The summed E-state index contributed by atoms with van der Waals surface area (Å²) in [6, 6.07) is 3.54. The van der Waals surface area contributed by atoms with Crippen molar-refractivity contribution in [2.24, 2.45) is 5.73 Å². The summed E-state index contributed by atoms with van der Waals surface area (Å²) in [4.78, 5) is 28.3. The summed E-state index contributed by atoms with van der Waals surface area (Å²) in [6.07, 6.45) is 1.66. The van der Waals surface area contributed by atoms with Crippen LogP contribution in [-0.2, 0) is 9.59 Å². The highest BCUT2D eigenvalue weighted by Crippen LogP contribution is 2.15. The van der Waals surface area contributed by atoms with Crippen LogP contribution < -0.4 is 16.0 Å². The Balaban J connectivity index is 2.16. The molecule has 3 N–H and O–H groups in total. The number of anilines is 1. The van der Waals surface area contributed by atoms with E-state index in [-0.39, 0.29) is 30.9 Å². The lowest BCUT2D eigenvalue weighted by atomic mass is 10.1. The number of piperazine rings is 1.